The molecule has 720 valence electrons. The first-order valence-corrected chi connectivity index (χ1v) is 46.1. The molecule has 9 heterocycles. The predicted octanol–water partition coefficient (Wildman–Crippen LogP) is 18.4. The van der Waals surface area contributed by atoms with Gasteiger partial charge in [-0.15, -0.1) is 6.58 Å². The van der Waals surface area contributed by atoms with Crippen LogP contribution in [0.25, 0.3) is 89.2 Å². The molecule has 2 aliphatic rings. The van der Waals surface area contributed by atoms with Crippen LogP contribution >= 0.6 is 0 Å². The second kappa shape index (κ2) is 45.3. The Kier molecular flexibility index (Phi) is 31.9. The molecule has 1 unspecified atom stereocenters. The third kappa shape index (κ3) is 24.4. The molecular formula is C105H119FN24O9. The minimum absolute atomic E-state index is 0.0532. The van der Waals surface area contributed by atoms with Crippen LogP contribution in [-0.4, -0.2) is 208 Å². The first-order chi connectivity index (χ1) is 67.3. The second-order valence-corrected chi connectivity index (χ2v) is 34.9. The average molecular weight is 1880 g/mol. The number of methoxy groups -OCH3 is 7. The quantitative estimate of drug-likeness (QED) is 0.0153. The highest BCUT2D eigenvalue weighted by Gasteiger charge is 2.31. The Morgan fingerprint density at radius 2 is 0.835 bits per heavy atom. The Bertz CT molecular complexity index is 6910. The number of aromatic nitrogens is 16. The zero-order valence-corrected chi connectivity index (χ0v) is 81.2. The van der Waals surface area contributed by atoms with Gasteiger partial charge in [-0.05, 0) is 143 Å². The molecular weight excluding hydrogens is 1760 g/mol. The molecule has 0 spiro atoms. The Labute approximate surface area is 807 Å². The van der Waals surface area contributed by atoms with E-state index in [1.54, 1.807) is 111 Å². The number of hydrogen-bond donors (Lipinski definition) is 3. The normalized spacial score (nSPS) is 14.3. The molecule has 18 rings (SSSR count). The minimum atomic E-state index is -0.368. The molecule has 1 atom stereocenters. The highest BCUT2D eigenvalue weighted by atomic mass is 19.1. The van der Waals surface area contributed by atoms with E-state index in [-0.39, 0.29) is 23.6 Å². The van der Waals surface area contributed by atoms with E-state index in [0.717, 1.165) is 212 Å². The molecule has 1 aliphatic heterocycles. The summed E-state index contributed by atoms with van der Waals surface area (Å²) in [6.45, 7) is 16.4. The molecule has 2 fully saturated rings. The zero-order chi connectivity index (χ0) is 97.9. The number of aryl methyl sites for hydroxylation is 4. The summed E-state index contributed by atoms with van der Waals surface area (Å²) in [7, 11) is 18.9. The number of benzene rings is 8. The molecule has 1 saturated carbocycles. The minimum Gasteiger partial charge on any atom is -0.497 e. The Hall–Kier alpha value is -15.7. The van der Waals surface area contributed by atoms with E-state index in [9.17, 15) is 14.4 Å². The molecule has 8 aromatic heterocycles. The fraction of sp³-hybridized carbons (Fsp3) is 0.314. The van der Waals surface area contributed by atoms with E-state index >= 15 is 0 Å². The number of anilines is 8. The monoisotopic (exact) mass is 1880 g/mol. The van der Waals surface area contributed by atoms with Crippen LogP contribution < -0.4 is 63.8 Å². The number of nitrogens with zero attached hydrogens (tertiary/aromatic N) is 22. The fourth-order valence-electron chi connectivity index (χ4n) is 17.3. The fourth-order valence-corrected chi connectivity index (χ4v) is 17.3. The number of rotatable bonds is 32. The summed E-state index contributed by atoms with van der Waals surface area (Å²) in [6.07, 6.45) is 30.9. The van der Waals surface area contributed by atoms with Gasteiger partial charge in [0.05, 0.1) is 184 Å². The molecule has 1 aliphatic carbocycles. The maximum atomic E-state index is 14.1. The molecule has 16 aromatic rings. The largest absolute Gasteiger partial charge is 0.497 e. The smallest absolute Gasteiger partial charge is 0.221 e. The number of carbonyl (C=O) groups excluding carboxylic acids is 1. The number of nitrogens with one attached hydrogen (secondary N) is 1. The number of oxime groups is 1. The van der Waals surface area contributed by atoms with E-state index in [2.05, 4.69) is 128 Å². The molecule has 139 heavy (non-hydrogen) atoms. The Morgan fingerprint density at radius 1 is 0.468 bits per heavy atom. The summed E-state index contributed by atoms with van der Waals surface area (Å²) in [5, 5.41) is 33.9. The van der Waals surface area contributed by atoms with Gasteiger partial charge in [0.2, 0.25) is 5.91 Å². The van der Waals surface area contributed by atoms with Crippen molar-refractivity contribution < 1.29 is 47.6 Å². The third-order valence-electron chi connectivity index (χ3n) is 24.5. The van der Waals surface area contributed by atoms with E-state index in [1.165, 1.54) is 19.2 Å². The van der Waals surface area contributed by atoms with Crippen molar-refractivity contribution in [2.24, 2.45) is 50.9 Å². The molecule has 8 aromatic carbocycles. The lowest BCUT2D eigenvalue weighted by Crippen LogP contribution is -2.42. The molecule has 0 radical (unpaired) electrons. The second-order valence-electron chi connectivity index (χ2n) is 34.9. The van der Waals surface area contributed by atoms with Crippen molar-refractivity contribution in [2.75, 3.05) is 109 Å². The first-order valence-electron chi connectivity index (χ1n) is 46.1. The molecule has 33 nitrogen and oxygen atoms in total. The number of nitrogens with two attached hydrogens (primary N) is 1. The molecule has 1 saturated heterocycles. The van der Waals surface area contributed by atoms with Crippen LogP contribution in [0.3, 0.4) is 0 Å². The van der Waals surface area contributed by atoms with Crippen LogP contribution in [0.1, 0.15) is 72.6 Å². The predicted molar refractivity (Wildman–Crippen MR) is 543 cm³/mol. The summed E-state index contributed by atoms with van der Waals surface area (Å²) < 4.78 is 59.6. The van der Waals surface area contributed by atoms with Gasteiger partial charge in [0.25, 0.3) is 0 Å². The van der Waals surface area contributed by atoms with Gasteiger partial charge in [-0.3, -0.25) is 43.5 Å². The number of fused-ring (bicyclic) bond motifs is 4. The van der Waals surface area contributed by atoms with Crippen molar-refractivity contribution in [3.8, 4) is 85.3 Å². The van der Waals surface area contributed by atoms with Gasteiger partial charge in [-0.2, -0.15) is 20.4 Å². The Balaban J connectivity index is 0.000000141. The van der Waals surface area contributed by atoms with Crippen LogP contribution in [0.15, 0.2) is 238 Å². The summed E-state index contributed by atoms with van der Waals surface area (Å²) in [5.74, 6) is 4.17. The van der Waals surface area contributed by atoms with Gasteiger partial charge in [0, 0.05) is 225 Å². The number of amides is 1. The Morgan fingerprint density at radius 3 is 1.20 bits per heavy atom. The number of piperidine rings is 1. The zero-order valence-electron chi connectivity index (χ0n) is 81.2. The maximum Gasteiger partial charge on any atom is 0.221 e. The average Bonchev–Trinajstić information content (AvgIpc) is 1.74. The number of ether oxygens (including phenoxy) is 7. The SMILES string of the molecule is C=CCN(c1cc(F)cc(OC)c1)c1ccc2ncc(-c3cnn(C)c3)nc2c1.COc1cc(OC)cc(N(C/C(=N\O)C(C)C)c2ccc3ncc(-c4cnn(C)c4)nc3c2)c1.COc1cc(OC)cc(N(CCCN2CCCC(C(N)=O)C2)c2ccc3ncc(-c4cnn(C)c4)nc3c2)c1.COc1cc(OC)cc(N(c2ccc3ncc(-c4cnn(C)c4)nc3c2)C2CCC(NC(C)C)CC2)c1. The van der Waals surface area contributed by atoms with E-state index < -0.39 is 0 Å². The summed E-state index contributed by atoms with van der Waals surface area (Å²) in [6, 6.07) is 47.7. The maximum absolute atomic E-state index is 14.1. The van der Waals surface area contributed by atoms with Gasteiger partial charge in [-0.25, -0.2) is 24.3 Å². The molecule has 4 N–H and O–H groups in total. The van der Waals surface area contributed by atoms with Crippen molar-refractivity contribution in [1.82, 2.24) is 89.2 Å². The number of carbonyl (C=O) groups is 1. The summed E-state index contributed by atoms with van der Waals surface area (Å²) in [4.78, 5) is 60.6. The van der Waals surface area contributed by atoms with Crippen LogP contribution in [0, 0.1) is 17.7 Å². The molecule has 1 amide bonds. The van der Waals surface area contributed by atoms with E-state index in [1.807, 2.05) is 174 Å². The van der Waals surface area contributed by atoms with E-state index in [0.29, 0.717) is 71.4 Å². The van der Waals surface area contributed by atoms with Crippen molar-refractivity contribution in [2.45, 2.75) is 90.8 Å². The lowest BCUT2D eigenvalue weighted by Gasteiger charge is -2.39. The third-order valence-corrected chi connectivity index (χ3v) is 24.5. The van der Waals surface area contributed by atoms with Crippen LogP contribution in [0.2, 0.25) is 0 Å². The first kappa shape index (κ1) is 97.8. The van der Waals surface area contributed by atoms with Gasteiger partial charge >= 0.3 is 0 Å². The van der Waals surface area contributed by atoms with Crippen molar-refractivity contribution in [3.05, 3.63) is 238 Å². The number of halogens is 1. The van der Waals surface area contributed by atoms with Crippen LogP contribution in [0.4, 0.5) is 49.9 Å². The van der Waals surface area contributed by atoms with Crippen molar-refractivity contribution in [3.63, 3.8) is 0 Å². The van der Waals surface area contributed by atoms with Crippen molar-refractivity contribution in [1.29, 1.82) is 0 Å². The lowest BCUT2D eigenvalue weighted by molar-refractivity contribution is -0.123. The van der Waals surface area contributed by atoms with Gasteiger partial charge in [0.15, 0.2) is 0 Å². The highest BCUT2D eigenvalue weighted by Crippen LogP contribution is 2.43. The van der Waals surface area contributed by atoms with E-state index in [4.69, 9.17) is 58.8 Å². The number of likely N-dealkylation sites (tertiary alicyclic amines) is 1. The summed E-state index contributed by atoms with van der Waals surface area (Å²) in [5.41, 5.74) is 26.6. The summed E-state index contributed by atoms with van der Waals surface area (Å²) >= 11 is 0. The van der Waals surface area contributed by atoms with Crippen molar-refractivity contribution >= 4 is 101 Å². The standard InChI is InChI=1S/C29H35N7O3.C29H36N6O2.C25H28N6O3.C22H20FN5O/c1-34-18-21(16-32-34)28-17-31-26-8-7-22(14-27(26)33-28)36(23-12-24(38-2)15-25(13-23)39-3)11-5-10-35-9-4-6-20(19-35)29(30)37;1-19(2)32-21-6-8-22(9-7-21)35(24-12-25(36-4)15-26(13-24)37-5)23-10-11-27-28(14-23)33-29(17-30-27)20-16-31-34(3)18-20;1-16(2)25(29-32)15-31(19-8-20(33-4)11-21(9-19)34-5)18-6-7-22-23(10-18)28-24(13-26-22)17-12-27-30(3)14-17;1-4-7-28(18-8-16(23)9-19(10-18)29-3)17-5-6-20-21(11-17)26-22(13-24-20)15-12-25-27(2)14-15/h7-8,12-18,20H,4-6,9-11,19H2,1-3H3,(H2,30,37);10-19,21-22,32H,6-9H2,1-5H3;6-14,16,32H,15H2,1-5H3;4-6,8-14H,1,7H2,2-3H3/b;;29-25+;. The number of primary amides is 1. The lowest BCUT2D eigenvalue weighted by atomic mass is 9.89. The van der Waals surface area contributed by atoms with Crippen LogP contribution in [-0.2, 0) is 33.0 Å². The van der Waals surface area contributed by atoms with Gasteiger partial charge < -0.3 is 73.9 Å². The topological polar surface area (TPSA) is 343 Å². The number of hydrogen-bond acceptors (Lipinski definition) is 28. The molecule has 34 heteroatoms. The molecule has 0 bridgehead atoms. The highest BCUT2D eigenvalue weighted by molar-refractivity contribution is 5.94. The van der Waals surface area contributed by atoms with Gasteiger partial charge in [-0.1, -0.05) is 38.9 Å². The van der Waals surface area contributed by atoms with Crippen LogP contribution in [0.5, 0.6) is 40.2 Å². The van der Waals surface area contributed by atoms with Gasteiger partial charge in [0.1, 0.15) is 46.1 Å².